The van der Waals surface area contributed by atoms with E-state index in [1.165, 1.54) is 38.5 Å². The second-order valence-electron chi connectivity index (χ2n) is 10.4. The van der Waals surface area contributed by atoms with Gasteiger partial charge in [-0.05, 0) is 43.0 Å². The molecule has 0 saturated carbocycles. The van der Waals surface area contributed by atoms with E-state index in [1.54, 1.807) is 24.5 Å². The van der Waals surface area contributed by atoms with Gasteiger partial charge in [0, 0.05) is 12.2 Å². The Balaban J connectivity index is 1.43. The zero-order valence-corrected chi connectivity index (χ0v) is 24.6. The molecule has 0 radical (unpaired) electrons. The van der Waals surface area contributed by atoms with Crippen LogP contribution < -0.4 is 4.74 Å². The Hall–Kier alpha value is -3.25. The molecular weight excluding hydrogens is 500 g/mol. The molecule has 0 bridgehead atoms. The van der Waals surface area contributed by atoms with Crippen LogP contribution in [-0.4, -0.2) is 41.9 Å². The fourth-order valence-corrected chi connectivity index (χ4v) is 4.39. The first kappa shape index (κ1) is 31.3. The predicted molar refractivity (Wildman–Crippen MR) is 162 cm³/mol. The van der Waals surface area contributed by atoms with Crippen molar-refractivity contribution in [1.29, 1.82) is 0 Å². The van der Waals surface area contributed by atoms with E-state index in [0.29, 0.717) is 37.0 Å². The Morgan fingerprint density at radius 1 is 0.700 bits per heavy atom. The molecule has 6 heteroatoms. The quantitative estimate of drug-likeness (QED) is 0.111. The normalized spacial score (nSPS) is 11.8. The molecule has 3 rings (SSSR count). The minimum absolute atomic E-state index is 0.283. The van der Waals surface area contributed by atoms with Crippen LogP contribution in [0.15, 0.2) is 60.9 Å². The Labute approximate surface area is 240 Å². The summed E-state index contributed by atoms with van der Waals surface area (Å²) >= 11 is 0. The molecule has 1 unspecified atom stereocenters. The van der Waals surface area contributed by atoms with Gasteiger partial charge in [0.2, 0.25) is 0 Å². The standard InChI is InChI=1S/C34H46N2O4/c1-4-6-8-9-10-11-13-23-39-32-24-35-33(36-25-32)30-18-14-28(15-19-30)29-16-20-31(21-17-29)34(37)40-27(3)26-38-22-12-7-5-2/h14-21,24-25,27H,4-13,22-23,26H2,1-3H3. The van der Waals surface area contributed by atoms with E-state index in [2.05, 4.69) is 23.8 Å². The van der Waals surface area contributed by atoms with Gasteiger partial charge in [0.1, 0.15) is 6.10 Å². The summed E-state index contributed by atoms with van der Waals surface area (Å²) in [6.45, 7) is 8.08. The van der Waals surface area contributed by atoms with E-state index < -0.39 is 0 Å². The number of nitrogens with zero attached hydrogens (tertiary/aromatic N) is 2. The summed E-state index contributed by atoms with van der Waals surface area (Å²) in [7, 11) is 0. The molecule has 0 aliphatic carbocycles. The van der Waals surface area contributed by atoms with Crippen LogP contribution in [0.25, 0.3) is 22.5 Å². The topological polar surface area (TPSA) is 70.5 Å². The molecule has 1 atom stereocenters. The predicted octanol–water partition coefficient (Wildman–Crippen LogP) is 8.69. The Morgan fingerprint density at radius 2 is 1.23 bits per heavy atom. The highest BCUT2D eigenvalue weighted by atomic mass is 16.6. The number of carbonyl (C=O) groups is 1. The van der Waals surface area contributed by atoms with Crippen LogP contribution >= 0.6 is 0 Å². The van der Waals surface area contributed by atoms with Crippen molar-refractivity contribution in [3.63, 3.8) is 0 Å². The van der Waals surface area contributed by atoms with Crippen molar-refractivity contribution in [1.82, 2.24) is 9.97 Å². The SMILES string of the molecule is CCCCCCCCCOc1cnc(-c2ccc(-c3ccc(C(=O)OC(C)COCCCCC)cc3)cc2)nc1. The first-order valence-electron chi connectivity index (χ1n) is 15.0. The minimum Gasteiger partial charge on any atom is -0.490 e. The molecule has 3 aromatic rings. The van der Waals surface area contributed by atoms with Gasteiger partial charge in [0.15, 0.2) is 11.6 Å². The maximum Gasteiger partial charge on any atom is 0.338 e. The van der Waals surface area contributed by atoms with Crippen LogP contribution in [0.3, 0.4) is 0 Å². The number of carbonyl (C=O) groups excluding carboxylic acids is 1. The highest BCUT2D eigenvalue weighted by molar-refractivity contribution is 5.90. The van der Waals surface area contributed by atoms with Crippen molar-refractivity contribution in [2.24, 2.45) is 0 Å². The number of rotatable bonds is 19. The number of esters is 1. The Morgan fingerprint density at radius 3 is 1.88 bits per heavy atom. The summed E-state index contributed by atoms with van der Waals surface area (Å²) in [5, 5.41) is 0. The lowest BCUT2D eigenvalue weighted by Gasteiger charge is -2.14. The molecule has 1 aromatic heterocycles. The van der Waals surface area contributed by atoms with E-state index in [4.69, 9.17) is 14.2 Å². The van der Waals surface area contributed by atoms with Crippen LogP contribution in [0.1, 0.15) is 95.3 Å². The highest BCUT2D eigenvalue weighted by Gasteiger charge is 2.13. The molecule has 216 valence electrons. The van der Waals surface area contributed by atoms with Crippen LogP contribution in [0.2, 0.25) is 0 Å². The third-order valence-corrected chi connectivity index (χ3v) is 6.79. The highest BCUT2D eigenvalue weighted by Crippen LogP contribution is 2.24. The lowest BCUT2D eigenvalue weighted by Crippen LogP contribution is -2.20. The van der Waals surface area contributed by atoms with Gasteiger partial charge < -0.3 is 14.2 Å². The van der Waals surface area contributed by atoms with Gasteiger partial charge >= 0.3 is 5.97 Å². The molecular formula is C34H46N2O4. The van der Waals surface area contributed by atoms with Crippen molar-refractivity contribution in [2.75, 3.05) is 19.8 Å². The van der Waals surface area contributed by atoms with Crippen LogP contribution in [0, 0.1) is 0 Å². The second-order valence-corrected chi connectivity index (χ2v) is 10.4. The average molecular weight is 547 g/mol. The smallest absolute Gasteiger partial charge is 0.338 e. The lowest BCUT2D eigenvalue weighted by molar-refractivity contribution is 0.00156. The number of ether oxygens (including phenoxy) is 3. The van der Waals surface area contributed by atoms with Crippen LogP contribution in [0.5, 0.6) is 5.75 Å². The third-order valence-electron chi connectivity index (χ3n) is 6.79. The number of unbranched alkanes of at least 4 members (excludes halogenated alkanes) is 8. The van der Waals surface area contributed by atoms with Crippen molar-refractivity contribution in [3.05, 3.63) is 66.5 Å². The Bertz CT molecular complexity index is 1100. The van der Waals surface area contributed by atoms with Gasteiger partial charge in [-0.2, -0.15) is 0 Å². The van der Waals surface area contributed by atoms with Crippen molar-refractivity contribution in [2.45, 2.75) is 91.1 Å². The van der Waals surface area contributed by atoms with Gasteiger partial charge in [-0.25, -0.2) is 14.8 Å². The summed E-state index contributed by atoms with van der Waals surface area (Å²) in [4.78, 5) is 21.5. The number of hydrogen-bond donors (Lipinski definition) is 0. The van der Waals surface area contributed by atoms with E-state index in [-0.39, 0.29) is 12.1 Å². The fraction of sp³-hybridized carbons (Fsp3) is 0.500. The van der Waals surface area contributed by atoms with Crippen molar-refractivity contribution in [3.8, 4) is 28.3 Å². The molecule has 1 heterocycles. The number of benzene rings is 2. The first-order valence-corrected chi connectivity index (χ1v) is 15.0. The van der Waals surface area contributed by atoms with Crippen molar-refractivity contribution < 1.29 is 19.0 Å². The van der Waals surface area contributed by atoms with Crippen LogP contribution in [0.4, 0.5) is 0 Å². The van der Waals surface area contributed by atoms with Gasteiger partial charge in [-0.1, -0.05) is 102 Å². The van der Waals surface area contributed by atoms with E-state index in [0.717, 1.165) is 42.4 Å². The average Bonchev–Trinajstić information content (AvgIpc) is 2.99. The van der Waals surface area contributed by atoms with Gasteiger partial charge in [-0.3, -0.25) is 0 Å². The summed E-state index contributed by atoms with van der Waals surface area (Å²) in [5.74, 6) is 1.04. The van der Waals surface area contributed by atoms with E-state index in [1.807, 2.05) is 43.3 Å². The van der Waals surface area contributed by atoms with Crippen LogP contribution in [-0.2, 0) is 9.47 Å². The molecule has 0 fully saturated rings. The van der Waals surface area contributed by atoms with Gasteiger partial charge in [0.05, 0.1) is 31.2 Å². The maximum atomic E-state index is 12.5. The molecule has 0 aliphatic heterocycles. The monoisotopic (exact) mass is 546 g/mol. The molecule has 0 saturated heterocycles. The minimum atomic E-state index is -0.335. The summed E-state index contributed by atoms with van der Waals surface area (Å²) in [6.07, 6.45) is 15.4. The first-order chi connectivity index (χ1) is 19.6. The molecule has 40 heavy (non-hydrogen) atoms. The van der Waals surface area contributed by atoms with Gasteiger partial charge in [0.25, 0.3) is 0 Å². The molecule has 0 spiro atoms. The molecule has 2 aromatic carbocycles. The molecule has 0 aliphatic rings. The zero-order chi connectivity index (χ0) is 28.4. The molecule has 0 N–H and O–H groups in total. The van der Waals surface area contributed by atoms with Crippen molar-refractivity contribution >= 4 is 5.97 Å². The van der Waals surface area contributed by atoms with E-state index >= 15 is 0 Å². The zero-order valence-electron chi connectivity index (χ0n) is 24.6. The maximum absolute atomic E-state index is 12.5. The third kappa shape index (κ3) is 11.1. The lowest BCUT2D eigenvalue weighted by atomic mass is 10.0. The molecule has 6 nitrogen and oxygen atoms in total. The summed E-state index contributed by atoms with van der Waals surface area (Å²) in [5.41, 5.74) is 3.53. The summed E-state index contributed by atoms with van der Waals surface area (Å²) in [6, 6.07) is 15.6. The van der Waals surface area contributed by atoms with Gasteiger partial charge in [-0.15, -0.1) is 0 Å². The summed E-state index contributed by atoms with van der Waals surface area (Å²) < 4.78 is 16.9. The number of aromatic nitrogens is 2. The Kier molecular flexibility index (Phi) is 14.2. The largest absolute Gasteiger partial charge is 0.490 e. The fourth-order valence-electron chi connectivity index (χ4n) is 4.39. The van der Waals surface area contributed by atoms with E-state index in [9.17, 15) is 4.79 Å². The number of hydrogen-bond acceptors (Lipinski definition) is 6. The molecule has 0 amide bonds. The second kappa shape index (κ2) is 18.2.